The van der Waals surface area contributed by atoms with Crippen LogP contribution in [0.5, 0.6) is 0 Å². The highest BCUT2D eigenvalue weighted by Gasteiger charge is 2.24. The van der Waals surface area contributed by atoms with E-state index in [4.69, 9.17) is 4.42 Å². The number of nitrogens with zero attached hydrogens (tertiary/aromatic N) is 1. The summed E-state index contributed by atoms with van der Waals surface area (Å²) in [4.78, 5) is 38.5. The van der Waals surface area contributed by atoms with Gasteiger partial charge in [0.1, 0.15) is 5.39 Å². The van der Waals surface area contributed by atoms with Crippen molar-refractivity contribution >= 4 is 11.1 Å². The van der Waals surface area contributed by atoms with Crippen molar-refractivity contribution < 1.29 is 4.42 Å². The second kappa shape index (κ2) is 4.47. The van der Waals surface area contributed by atoms with Crippen molar-refractivity contribution in [2.75, 3.05) is 0 Å². The fraction of sp³-hybridized carbons (Fsp3) is 0.500. The molecule has 1 aliphatic rings. The minimum absolute atomic E-state index is 0.00502. The zero-order chi connectivity index (χ0) is 14.4. The molecule has 1 aliphatic carbocycles. The number of fused-ring (bicyclic) bond motifs is 1. The summed E-state index contributed by atoms with van der Waals surface area (Å²) >= 11 is 0. The maximum Gasteiger partial charge on any atom is 0.337 e. The van der Waals surface area contributed by atoms with Crippen LogP contribution in [0.15, 0.2) is 24.9 Å². The first kappa shape index (κ1) is 12.9. The molecule has 0 radical (unpaired) electrons. The molecule has 0 bridgehead atoms. The lowest BCUT2D eigenvalue weighted by molar-refractivity contribution is 0.526. The first-order valence-corrected chi connectivity index (χ1v) is 6.78. The molecule has 0 saturated heterocycles. The van der Waals surface area contributed by atoms with Gasteiger partial charge in [0.2, 0.25) is 5.71 Å². The van der Waals surface area contributed by atoms with Gasteiger partial charge in [-0.3, -0.25) is 14.3 Å². The van der Waals surface area contributed by atoms with Crippen LogP contribution < -0.4 is 16.9 Å². The fourth-order valence-corrected chi connectivity index (χ4v) is 2.39. The van der Waals surface area contributed by atoms with Crippen molar-refractivity contribution in [2.45, 2.75) is 39.2 Å². The SMILES string of the molecule is CC(C)c1cc(=O)oc2[nH]c(=O)n(CC3CC3)c(=O)c12. The zero-order valence-corrected chi connectivity index (χ0v) is 11.4. The van der Waals surface area contributed by atoms with E-state index in [0.717, 1.165) is 12.8 Å². The van der Waals surface area contributed by atoms with E-state index < -0.39 is 11.3 Å². The highest BCUT2D eigenvalue weighted by Crippen LogP contribution is 2.29. The van der Waals surface area contributed by atoms with Gasteiger partial charge in [-0.2, -0.15) is 0 Å². The molecule has 1 N–H and O–H groups in total. The van der Waals surface area contributed by atoms with Crippen LogP contribution >= 0.6 is 0 Å². The average Bonchev–Trinajstić information content (AvgIpc) is 3.16. The molecule has 6 nitrogen and oxygen atoms in total. The van der Waals surface area contributed by atoms with Crippen molar-refractivity contribution in [1.29, 1.82) is 0 Å². The van der Waals surface area contributed by atoms with E-state index in [0.29, 0.717) is 23.4 Å². The van der Waals surface area contributed by atoms with Gasteiger partial charge in [-0.1, -0.05) is 13.8 Å². The van der Waals surface area contributed by atoms with Crippen molar-refractivity contribution in [3.8, 4) is 0 Å². The van der Waals surface area contributed by atoms with Gasteiger partial charge in [-0.15, -0.1) is 0 Å². The number of hydrogen-bond acceptors (Lipinski definition) is 4. The van der Waals surface area contributed by atoms with Gasteiger partial charge in [-0.05, 0) is 30.2 Å². The molecule has 0 spiro atoms. The minimum atomic E-state index is -0.559. The smallest absolute Gasteiger partial charge is 0.337 e. The van der Waals surface area contributed by atoms with Gasteiger partial charge in [0, 0.05) is 12.6 Å². The van der Waals surface area contributed by atoms with E-state index in [1.165, 1.54) is 10.6 Å². The highest BCUT2D eigenvalue weighted by atomic mass is 16.4. The maximum absolute atomic E-state index is 12.5. The van der Waals surface area contributed by atoms with Gasteiger partial charge >= 0.3 is 11.3 Å². The molecule has 0 unspecified atom stereocenters. The number of aromatic nitrogens is 2. The molecule has 0 aliphatic heterocycles. The molecule has 3 rings (SSSR count). The van der Waals surface area contributed by atoms with Crippen LogP contribution in [0, 0.1) is 5.92 Å². The summed E-state index contributed by atoms with van der Waals surface area (Å²) < 4.78 is 6.18. The Morgan fingerprint density at radius 2 is 2.05 bits per heavy atom. The van der Waals surface area contributed by atoms with Crippen LogP contribution in [-0.4, -0.2) is 9.55 Å². The van der Waals surface area contributed by atoms with Gasteiger partial charge in [-0.25, -0.2) is 9.59 Å². The van der Waals surface area contributed by atoms with E-state index in [1.54, 1.807) is 0 Å². The zero-order valence-electron chi connectivity index (χ0n) is 11.4. The molecule has 1 fully saturated rings. The largest absolute Gasteiger partial charge is 0.405 e. The minimum Gasteiger partial charge on any atom is -0.405 e. The van der Waals surface area contributed by atoms with Crippen LogP contribution in [0.3, 0.4) is 0 Å². The standard InChI is InChI=1S/C14H16N2O4/c1-7(2)9-5-10(17)20-12-11(9)13(18)16(14(19)15-12)6-8-3-4-8/h5,7-8H,3-4,6H2,1-2H3,(H,15,19). The normalized spacial score (nSPS) is 15.2. The van der Waals surface area contributed by atoms with E-state index in [2.05, 4.69) is 4.98 Å². The first-order chi connectivity index (χ1) is 9.47. The number of H-pyrrole nitrogens is 1. The van der Waals surface area contributed by atoms with Crippen LogP contribution in [0.25, 0.3) is 11.1 Å². The van der Waals surface area contributed by atoms with Gasteiger partial charge < -0.3 is 4.42 Å². The van der Waals surface area contributed by atoms with Crippen molar-refractivity contribution in [3.05, 3.63) is 42.9 Å². The predicted molar refractivity (Wildman–Crippen MR) is 74.2 cm³/mol. The molecular weight excluding hydrogens is 260 g/mol. The Morgan fingerprint density at radius 3 is 2.65 bits per heavy atom. The fourth-order valence-electron chi connectivity index (χ4n) is 2.39. The summed E-state index contributed by atoms with van der Waals surface area (Å²) in [7, 11) is 0. The Morgan fingerprint density at radius 1 is 1.35 bits per heavy atom. The molecule has 0 aromatic carbocycles. The Labute approximate surface area is 114 Å². The van der Waals surface area contributed by atoms with Crippen LogP contribution in [-0.2, 0) is 6.54 Å². The van der Waals surface area contributed by atoms with Gasteiger partial charge in [0.05, 0.1) is 0 Å². The number of hydrogen-bond donors (Lipinski definition) is 1. The molecule has 1 saturated carbocycles. The highest BCUT2D eigenvalue weighted by molar-refractivity contribution is 5.76. The van der Waals surface area contributed by atoms with E-state index >= 15 is 0 Å². The Balaban J connectivity index is 2.37. The van der Waals surface area contributed by atoms with Crippen LogP contribution in [0.2, 0.25) is 0 Å². The monoisotopic (exact) mass is 276 g/mol. The Kier molecular flexibility index (Phi) is 2.88. The first-order valence-electron chi connectivity index (χ1n) is 6.78. The molecular formula is C14H16N2O4. The molecule has 2 aromatic rings. The Bertz CT molecular complexity index is 837. The third-order valence-corrected chi connectivity index (χ3v) is 3.68. The molecule has 20 heavy (non-hydrogen) atoms. The van der Waals surface area contributed by atoms with E-state index in [9.17, 15) is 14.4 Å². The summed E-state index contributed by atoms with van der Waals surface area (Å²) in [6.07, 6.45) is 2.09. The third-order valence-electron chi connectivity index (χ3n) is 3.68. The van der Waals surface area contributed by atoms with Gasteiger partial charge in [0.25, 0.3) is 5.56 Å². The maximum atomic E-state index is 12.5. The number of rotatable bonds is 3. The van der Waals surface area contributed by atoms with Crippen molar-refractivity contribution in [2.24, 2.45) is 5.92 Å². The van der Waals surface area contributed by atoms with Crippen molar-refractivity contribution in [1.82, 2.24) is 9.55 Å². The third kappa shape index (κ3) is 2.11. The molecule has 2 aromatic heterocycles. The second-order valence-corrected chi connectivity index (χ2v) is 5.67. The number of nitrogens with one attached hydrogen (secondary N) is 1. The summed E-state index contributed by atoms with van der Waals surface area (Å²) in [5, 5.41) is 0.305. The molecule has 0 atom stereocenters. The molecule has 6 heteroatoms. The van der Waals surface area contributed by atoms with Gasteiger partial charge in [0.15, 0.2) is 0 Å². The summed E-state index contributed by atoms with van der Waals surface area (Å²) in [6.45, 7) is 4.22. The topological polar surface area (TPSA) is 85.1 Å². The quantitative estimate of drug-likeness (QED) is 0.912. The molecule has 106 valence electrons. The lowest BCUT2D eigenvalue weighted by Gasteiger charge is -2.10. The summed E-state index contributed by atoms with van der Waals surface area (Å²) in [5.41, 5.74) is -0.858. The van der Waals surface area contributed by atoms with Crippen LogP contribution in [0.1, 0.15) is 38.2 Å². The van der Waals surface area contributed by atoms with Crippen LogP contribution in [0.4, 0.5) is 0 Å². The average molecular weight is 276 g/mol. The number of aromatic amines is 1. The lowest BCUT2D eigenvalue weighted by atomic mass is 10.0. The predicted octanol–water partition coefficient (Wildman–Crippen LogP) is 1.18. The Hall–Kier alpha value is -2.11. The van der Waals surface area contributed by atoms with Crippen molar-refractivity contribution in [3.63, 3.8) is 0 Å². The lowest BCUT2D eigenvalue weighted by Crippen LogP contribution is -2.36. The second-order valence-electron chi connectivity index (χ2n) is 5.67. The molecule has 0 amide bonds. The summed E-state index contributed by atoms with van der Waals surface area (Å²) in [6, 6.07) is 1.33. The van der Waals surface area contributed by atoms with E-state index in [-0.39, 0.29) is 17.2 Å². The summed E-state index contributed by atoms with van der Waals surface area (Å²) in [5.74, 6) is 0.402. The molecule has 2 heterocycles. The van der Waals surface area contributed by atoms with E-state index in [1.807, 2.05) is 13.8 Å².